The zero-order valence-corrected chi connectivity index (χ0v) is 12.2. The Kier molecular flexibility index (Phi) is 2.75. The molecule has 1 aromatic carbocycles. The number of pyridine rings is 1. The first-order chi connectivity index (χ1) is 11.0. The molecule has 0 bridgehead atoms. The summed E-state index contributed by atoms with van der Waals surface area (Å²) in [6, 6.07) is 7.35. The van der Waals surface area contributed by atoms with E-state index in [2.05, 4.69) is 19.9 Å². The lowest BCUT2D eigenvalue weighted by molar-refractivity contribution is 0.554. The summed E-state index contributed by atoms with van der Waals surface area (Å²) in [5.74, 6) is -0.638. The Balaban J connectivity index is 1.74. The maximum atomic E-state index is 12.4. The van der Waals surface area contributed by atoms with Crippen LogP contribution in [0.25, 0.3) is 16.7 Å². The normalized spacial score (nSPS) is 12.0. The van der Waals surface area contributed by atoms with E-state index in [0.29, 0.717) is 16.9 Å². The summed E-state index contributed by atoms with van der Waals surface area (Å²) >= 11 is 0. The highest BCUT2D eigenvalue weighted by molar-refractivity contribution is 7.92. The minimum absolute atomic E-state index is 0.0170. The molecule has 3 heterocycles. The topological polar surface area (TPSA) is 122 Å². The van der Waals surface area contributed by atoms with Crippen molar-refractivity contribution in [3.63, 3.8) is 0 Å². The van der Waals surface area contributed by atoms with Crippen molar-refractivity contribution in [1.29, 1.82) is 0 Å². The van der Waals surface area contributed by atoms with Gasteiger partial charge >= 0.3 is 5.76 Å². The molecule has 0 saturated carbocycles. The van der Waals surface area contributed by atoms with E-state index in [1.807, 2.05) is 0 Å². The average Bonchev–Trinajstić information content (AvgIpc) is 3.10. The van der Waals surface area contributed by atoms with Crippen LogP contribution in [-0.4, -0.2) is 28.0 Å². The van der Waals surface area contributed by atoms with Crippen LogP contribution in [0.4, 0.5) is 5.69 Å². The monoisotopic (exact) mass is 331 g/mol. The van der Waals surface area contributed by atoms with Crippen molar-refractivity contribution < 1.29 is 12.8 Å². The molecule has 116 valence electrons. The Morgan fingerprint density at radius 1 is 1.22 bits per heavy atom. The molecule has 0 atom stereocenters. The van der Waals surface area contributed by atoms with E-state index in [-0.39, 0.29) is 10.5 Å². The highest BCUT2D eigenvalue weighted by Gasteiger charge is 2.16. The van der Waals surface area contributed by atoms with Crippen LogP contribution in [-0.2, 0) is 10.0 Å². The first-order valence-electron chi connectivity index (χ1n) is 6.46. The van der Waals surface area contributed by atoms with Crippen LogP contribution >= 0.6 is 0 Å². The third kappa shape index (κ3) is 2.34. The van der Waals surface area contributed by atoms with Gasteiger partial charge in [-0.3, -0.25) is 14.1 Å². The minimum atomic E-state index is -3.83. The molecule has 23 heavy (non-hydrogen) atoms. The number of sulfonamides is 1. The molecule has 10 heteroatoms. The van der Waals surface area contributed by atoms with Gasteiger partial charge < -0.3 is 4.42 Å². The van der Waals surface area contributed by atoms with Gasteiger partial charge in [-0.05, 0) is 24.3 Å². The molecular weight excluding hydrogens is 322 g/mol. The second-order valence-corrected chi connectivity index (χ2v) is 6.47. The maximum absolute atomic E-state index is 12.4. The van der Waals surface area contributed by atoms with Gasteiger partial charge in [-0.2, -0.15) is 0 Å². The number of benzene rings is 1. The molecule has 0 unspecified atom stereocenters. The summed E-state index contributed by atoms with van der Waals surface area (Å²) in [7, 11) is -3.83. The Labute approximate surface area is 128 Å². The molecule has 2 N–H and O–H groups in total. The van der Waals surface area contributed by atoms with Crippen LogP contribution < -0.4 is 10.5 Å². The first-order valence-corrected chi connectivity index (χ1v) is 7.95. The lowest BCUT2D eigenvalue weighted by Gasteiger charge is -2.08. The second-order valence-electron chi connectivity index (χ2n) is 4.79. The lowest BCUT2D eigenvalue weighted by atomic mass is 10.3. The number of anilines is 1. The molecule has 0 radical (unpaired) electrons. The van der Waals surface area contributed by atoms with Gasteiger partial charge in [0.1, 0.15) is 6.33 Å². The Hall–Kier alpha value is -3.14. The van der Waals surface area contributed by atoms with Gasteiger partial charge in [-0.15, -0.1) is 10.2 Å². The van der Waals surface area contributed by atoms with Crippen molar-refractivity contribution in [3.8, 4) is 0 Å². The van der Waals surface area contributed by atoms with Crippen molar-refractivity contribution in [2.45, 2.75) is 4.90 Å². The molecular formula is C13H9N5O4S. The van der Waals surface area contributed by atoms with Crippen molar-refractivity contribution >= 4 is 32.5 Å². The SMILES string of the molecule is O=c1[nH]c2ccc(S(=O)(=O)Nc3ccc4nncn4c3)cc2o1. The number of nitrogens with one attached hydrogen (secondary N) is 2. The van der Waals surface area contributed by atoms with E-state index >= 15 is 0 Å². The molecule has 4 aromatic rings. The average molecular weight is 331 g/mol. The fraction of sp³-hybridized carbons (Fsp3) is 0. The first kappa shape index (κ1) is 13.5. The maximum Gasteiger partial charge on any atom is 0.417 e. The smallest absolute Gasteiger partial charge is 0.408 e. The number of oxazole rings is 1. The summed E-state index contributed by atoms with van der Waals surface area (Å²) in [6.45, 7) is 0. The van der Waals surface area contributed by atoms with Crippen molar-refractivity contribution in [3.05, 3.63) is 53.4 Å². The molecule has 9 nitrogen and oxygen atoms in total. The molecule has 0 fully saturated rings. The summed E-state index contributed by atoms with van der Waals surface area (Å²) in [5.41, 5.74) is 1.56. The molecule has 0 aliphatic carbocycles. The molecule has 3 aromatic heterocycles. The standard InChI is InChI=1S/C13H9N5O4S/c19-13-15-10-3-2-9(5-11(10)22-13)23(20,21)17-8-1-4-12-16-14-7-18(12)6-8/h1-7,17H,(H,15,19). The van der Waals surface area contributed by atoms with E-state index in [0.717, 1.165) is 0 Å². The number of nitrogens with zero attached hydrogens (tertiary/aromatic N) is 3. The van der Waals surface area contributed by atoms with Gasteiger partial charge in [0.05, 0.1) is 16.1 Å². The van der Waals surface area contributed by atoms with Crippen LogP contribution in [0.3, 0.4) is 0 Å². The van der Waals surface area contributed by atoms with E-state index in [1.165, 1.54) is 24.5 Å². The van der Waals surface area contributed by atoms with Crippen molar-refractivity contribution in [1.82, 2.24) is 19.6 Å². The van der Waals surface area contributed by atoms with Gasteiger partial charge in [-0.25, -0.2) is 13.2 Å². The Morgan fingerprint density at radius 3 is 2.96 bits per heavy atom. The fourth-order valence-corrected chi connectivity index (χ4v) is 3.25. The van der Waals surface area contributed by atoms with Crippen LogP contribution in [0, 0.1) is 0 Å². The number of rotatable bonds is 3. The molecule has 0 saturated heterocycles. The predicted octanol–water partition coefficient (Wildman–Crippen LogP) is 0.965. The highest BCUT2D eigenvalue weighted by atomic mass is 32.2. The Morgan fingerprint density at radius 2 is 2.09 bits per heavy atom. The van der Waals surface area contributed by atoms with Crippen LogP contribution in [0.15, 0.2) is 57.0 Å². The Bertz CT molecular complexity index is 1190. The summed E-state index contributed by atoms with van der Waals surface area (Å²) in [4.78, 5) is 13.6. The molecule has 4 rings (SSSR count). The number of hydrogen-bond donors (Lipinski definition) is 2. The largest absolute Gasteiger partial charge is 0.417 e. The van der Waals surface area contributed by atoms with Gasteiger partial charge in [-0.1, -0.05) is 0 Å². The van der Waals surface area contributed by atoms with E-state index in [9.17, 15) is 13.2 Å². The lowest BCUT2D eigenvalue weighted by Crippen LogP contribution is -2.13. The number of aromatic amines is 1. The fourth-order valence-electron chi connectivity index (χ4n) is 2.19. The van der Waals surface area contributed by atoms with Gasteiger partial charge in [0, 0.05) is 12.3 Å². The van der Waals surface area contributed by atoms with E-state index < -0.39 is 15.8 Å². The third-order valence-electron chi connectivity index (χ3n) is 3.25. The summed E-state index contributed by atoms with van der Waals surface area (Å²) in [6.07, 6.45) is 3.02. The zero-order valence-electron chi connectivity index (χ0n) is 11.4. The predicted molar refractivity (Wildman–Crippen MR) is 80.6 cm³/mol. The molecule has 0 spiro atoms. The summed E-state index contributed by atoms with van der Waals surface area (Å²) < 4.78 is 33.8. The number of H-pyrrole nitrogens is 1. The zero-order chi connectivity index (χ0) is 16.0. The van der Waals surface area contributed by atoms with E-state index in [4.69, 9.17) is 4.42 Å². The van der Waals surface area contributed by atoms with Crippen LogP contribution in [0.5, 0.6) is 0 Å². The van der Waals surface area contributed by atoms with Crippen molar-refractivity contribution in [2.24, 2.45) is 0 Å². The number of aromatic nitrogens is 4. The molecule has 0 amide bonds. The summed E-state index contributed by atoms with van der Waals surface area (Å²) in [5, 5.41) is 7.57. The van der Waals surface area contributed by atoms with Gasteiger partial charge in [0.2, 0.25) is 0 Å². The van der Waals surface area contributed by atoms with Gasteiger partial charge in [0.15, 0.2) is 11.2 Å². The van der Waals surface area contributed by atoms with E-state index in [1.54, 1.807) is 22.7 Å². The molecule has 0 aliphatic heterocycles. The molecule has 0 aliphatic rings. The van der Waals surface area contributed by atoms with Gasteiger partial charge in [0.25, 0.3) is 10.0 Å². The quantitative estimate of drug-likeness (QED) is 0.576. The van der Waals surface area contributed by atoms with Crippen LogP contribution in [0.1, 0.15) is 0 Å². The number of fused-ring (bicyclic) bond motifs is 2. The second kappa shape index (κ2) is 4.68. The van der Waals surface area contributed by atoms with Crippen molar-refractivity contribution in [2.75, 3.05) is 4.72 Å². The minimum Gasteiger partial charge on any atom is -0.408 e. The van der Waals surface area contributed by atoms with Crippen LogP contribution in [0.2, 0.25) is 0 Å². The number of hydrogen-bond acceptors (Lipinski definition) is 6. The third-order valence-corrected chi connectivity index (χ3v) is 4.62. The highest BCUT2D eigenvalue weighted by Crippen LogP contribution is 2.20.